The smallest absolute Gasteiger partial charge is 0.362 e. The molecule has 2 atom stereocenters. The molecule has 7 nitrogen and oxygen atoms in total. The minimum absolute atomic E-state index is 0.0631. The Morgan fingerprint density at radius 2 is 2.12 bits per heavy atom. The molecule has 0 bridgehead atoms. The summed E-state index contributed by atoms with van der Waals surface area (Å²) in [5.41, 5.74) is -1.66. The number of halogens is 3. The van der Waals surface area contributed by atoms with E-state index >= 15 is 0 Å². The van der Waals surface area contributed by atoms with Gasteiger partial charge < -0.3 is 5.11 Å². The number of aliphatic hydroxyl groups is 1. The van der Waals surface area contributed by atoms with Crippen LogP contribution < -0.4 is 5.43 Å². The number of non-ortho nitro benzene ring substituents is 1. The molecular formula is C16H16F3N3O4. The SMILES string of the molecule is O=C(c1cccc([N+](=O)[O-])c1)N1NC2=CCCCC[C@H]2[C@@]1(O)C(F)(F)F. The van der Waals surface area contributed by atoms with Crippen LogP contribution in [0, 0.1) is 16.0 Å². The summed E-state index contributed by atoms with van der Waals surface area (Å²) in [5.74, 6) is -2.52. The zero-order valence-electron chi connectivity index (χ0n) is 13.5. The lowest BCUT2D eigenvalue weighted by Crippen LogP contribution is -2.62. The first kappa shape index (κ1) is 18.2. The Bertz CT molecular complexity index is 780. The molecule has 0 spiro atoms. The number of allylic oxidation sites excluding steroid dienone is 1. The molecule has 0 saturated carbocycles. The number of nitrogens with zero attached hydrogens (tertiary/aromatic N) is 2. The van der Waals surface area contributed by atoms with Crippen molar-refractivity contribution in [2.24, 2.45) is 5.92 Å². The van der Waals surface area contributed by atoms with Crippen molar-refractivity contribution >= 4 is 11.6 Å². The number of nitro groups is 1. The van der Waals surface area contributed by atoms with Crippen molar-refractivity contribution in [2.75, 3.05) is 0 Å². The molecule has 1 aromatic rings. The lowest BCUT2D eigenvalue weighted by molar-refractivity contribution is -0.384. The number of carbonyl (C=O) groups excluding carboxylic acids is 1. The molecule has 1 amide bonds. The molecule has 1 aromatic carbocycles. The molecule has 140 valence electrons. The first-order valence-electron chi connectivity index (χ1n) is 8.01. The number of nitrogens with one attached hydrogen (secondary N) is 1. The van der Waals surface area contributed by atoms with Gasteiger partial charge in [-0.15, -0.1) is 0 Å². The highest BCUT2D eigenvalue weighted by molar-refractivity contribution is 5.95. The molecule has 1 heterocycles. The van der Waals surface area contributed by atoms with Gasteiger partial charge in [-0.2, -0.15) is 13.2 Å². The maximum absolute atomic E-state index is 13.8. The van der Waals surface area contributed by atoms with Gasteiger partial charge in [0, 0.05) is 23.4 Å². The normalized spacial score (nSPS) is 25.8. The van der Waals surface area contributed by atoms with E-state index in [0.29, 0.717) is 19.3 Å². The number of hydrazine groups is 1. The van der Waals surface area contributed by atoms with Crippen LogP contribution in [0.2, 0.25) is 0 Å². The highest BCUT2D eigenvalue weighted by Crippen LogP contribution is 2.48. The van der Waals surface area contributed by atoms with Crippen molar-refractivity contribution in [1.29, 1.82) is 0 Å². The van der Waals surface area contributed by atoms with E-state index in [1.54, 1.807) is 6.08 Å². The Morgan fingerprint density at radius 3 is 2.77 bits per heavy atom. The third kappa shape index (κ3) is 2.79. The summed E-state index contributed by atoms with van der Waals surface area (Å²) in [7, 11) is 0. The van der Waals surface area contributed by atoms with Gasteiger partial charge in [0.05, 0.1) is 10.8 Å². The summed E-state index contributed by atoms with van der Waals surface area (Å²) in [6, 6.07) is 4.36. The third-order valence-corrected chi connectivity index (χ3v) is 4.68. The summed E-state index contributed by atoms with van der Waals surface area (Å²) in [6.07, 6.45) is -1.80. The lowest BCUT2D eigenvalue weighted by Gasteiger charge is -2.36. The van der Waals surface area contributed by atoms with Gasteiger partial charge in [-0.25, -0.2) is 5.01 Å². The highest BCUT2D eigenvalue weighted by atomic mass is 19.4. The molecule has 0 aromatic heterocycles. The van der Waals surface area contributed by atoms with Crippen molar-refractivity contribution in [1.82, 2.24) is 10.4 Å². The quantitative estimate of drug-likeness (QED) is 0.616. The summed E-state index contributed by atoms with van der Waals surface area (Å²) in [5, 5.41) is 21.6. The van der Waals surface area contributed by atoms with E-state index < -0.39 is 34.3 Å². The highest BCUT2D eigenvalue weighted by Gasteiger charge is 2.68. The van der Waals surface area contributed by atoms with Crippen molar-refractivity contribution in [3.63, 3.8) is 0 Å². The van der Waals surface area contributed by atoms with Gasteiger partial charge in [0.1, 0.15) is 0 Å². The standard InChI is InChI=1S/C16H16F3N3O4/c17-16(18,19)15(24)12-7-2-1-3-8-13(12)20-21(15)14(23)10-5-4-6-11(9-10)22(25)26/h4-6,8-9,12,20,24H,1-3,7H2/t12-,15-/m1/s1. The van der Waals surface area contributed by atoms with Crippen LogP contribution in [-0.2, 0) is 0 Å². The molecule has 0 radical (unpaired) electrons. The number of fused-ring (bicyclic) bond motifs is 1. The van der Waals surface area contributed by atoms with E-state index in [0.717, 1.165) is 18.2 Å². The molecule has 10 heteroatoms. The summed E-state index contributed by atoms with van der Waals surface area (Å²) in [4.78, 5) is 22.8. The molecule has 1 saturated heterocycles. The number of carbonyl (C=O) groups is 1. The van der Waals surface area contributed by atoms with E-state index in [9.17, 15) is 33.2 Å². The number of nitro benzene ring substituents is 1. The maximum atomic E-state index is 13.8. The van der Waals surface area contributed by atoms with Gasteiger partial charge in [0.15, 0.2) is 0 Å². The molecule has 1 aliphatic heterocycles. The van der Waals surface area contributed by atoms with Crippen molar-refractivity contribution in [3.05, 3.63) is 51.7 Å². The van der Waals surface area contributed by atoms with Crippen LogP contribution >= 0.6 is 0 Å². The predicted molar refractivity (Wildman–Crippen MR) is 83.4 cm³/mol. The lowest BCUT2D eigenvalue weighted by atomic mass is 9.89. The van der Waals surface area contributed by atoms with Crippen LogP contribution in [0.25, 0.3) is 0 Å². The van der Waals surface area contributed by atoms with Crippen molar-refractivity contribution < 1.29 is 28.0 Å². The summed E-state index contributed by atoms with van der Waals surface area (Å²) in [6.45, 7) is 0. The number of hydrogen-bond donors (Lipinski definition) is 2. The number of benzene rings is 1. The fraction of sp³-hybridized carbons (Fsp3) is 0.438. The molecule has 1 aliphatic carbocycles. The number of alkyl halides is 3. The Morgan fingerprint density at radius 1 is 1.38 bits per heavy atom. The van der Waals surface area contributed by atoms with Gasteiger partial charge in [-0.3, -0.25) is 20.3 Å². The van der Waals surface area contributed by atoms with Crippen LogP contribution in [0.3, 0.4) is 0 Å². The molecule has 3 rings (SSSR count). The second-order valence-electron chi connectivity index (χ2n) is 6.28. The third-order valence-electron chi connectivity index (χ3n) is 4.68. The Kier molecular flexibility index (Phi) is 4.39. The molecular weight excluding hydrogens is 355 g/mol. The fourth-order valence-corrected chi connectivity index (χ4v) is 3.37. The van der Waals surface area contributed by atoms with Crippen LogP contribution in [0.15, 0.2) is 36.0 Å². The van der Waals surface area contributed by atoms with E-state index in [4.69, 9.17) is 0 Å². The zero-order chi connectivity index (χ0) is 19.1. The van der Waals surface area contributed by atoms with Gasteiger partial charge in [-0.05, 0) is 25.3 Å². The van der Waals surface area contributed by atoms with E-state index in [1.807, 2.05) is 0 Å². The molecule has 1 fully saturated rings. The van der Waals surface area contributed by atoms with Crippen LogP contribution in [-0.4, -0.2) is 32.8 Å². The zero-order valence-corrected chi connectivity index (χ0v) is 13.5. The minimum atomic E-state index is -5.11. The average Bonchev–Trinajstić information content (AvgIpc) is 2.74. The number of hydrogen-bond acceptors (Lipinski definition) is 5. The first-order valence-corrected chi connectivity index (χ1v) is 8.01. The topological polar surface area (TPSA) is 95.7 Å². The molecule has 26 heavy (non-hydrogen) atoms. The van der Waals surface area contributed by atoms with Crippen LogP contribution in [0.5, 0.6) is 0 Å². The van der Waals surface area contributed by atoms with E-state index in [1.165, 1.54) is 6.07 Å². The van der Waals surface area contributed by atoms with E-state index in [2.05, 4.69) is 5.43 Å². The van der Waals surface area contributed by atoms with Crippen molar-refractivity contribution in [3.8, 4) is 0 Å². The summed E-state index contributed by atoms with van der Waals surface area (Å²) >= 11 is 0. The summed E-state index contributed by atoms with van der Waals surface area (Å²) < 4.78 is 41.3. The number of amides is 1. The predicted octanol–water partition coefficient (Wildman–Crippen LogP) is 2.88. The fourth-order valence-electron chi connectivity index (χ4n) is 3.37. The van der Waals surface area contributed by atoms with Gasteiger partial charge >= 0.3 is 6.18 Å². The van der Waals surface area contributed by atoms with Gasteiger partial charge in [0.2, 0.25) is 0 Å². The van der Waals surface area contributed by atoms with Crippen LogP contribution in [0.1, 0.15) is 36.0 Å². The maximum Gasteiger partial charge on any atom is 0.439 e. The van der Waals surface area contributed by atoms with Gasteiger partial charge in [0.25, 0.3) is 17.3 Å². The largest absolute Gasteiger partial charge is 0.439 e. The van der Waals surface area contributed by atoms with Gasteiger partial charge in [-0.1, -0.05) is 18.6 Å². The average molecular weight is 371 g/mol. The first-order chi connectivity index (χ1) is 12.2. The monoisotopic (exact) mass is 371 g/mol. The molecule has 2 aliphatic rings. The Hall–Kier alpha value is -2.62. The Balaban J connectivity index is 2.04. The Labute approximate surface area is 146 Å². The van der Waals surface area contributed by atoms with E-state index in [-0.39, 0.29) is 22.7 Å². The molecule has 2 N–H and O–H groups in total. The molecule has 0 unspecified atom stereocenters. The second kappa shape index (κ2) is 6.27. The number of rotatable bonds is 2. The van der Waals surface area contributed by atoms with Crippen molar-refractivity contribution in [2.45, 2.75) is 37.6 Å². The minimum Gasteiger partial charge on any atom is -0.362 e. The second-order valence-corrected chi connectivity index (χ2v) is 6.28. The van der Waals surface area contributed by atoms with Crippen LogP contribution in [0.4, 0.5) is 18.9 Å².